The summed E-state index contributed by atoms with van der Waals surface area (Å²) in [6.45, 7) is 5.45. The van der Waals surface area contributed by atoms with E-state index in [1.54, 1.807) is 11.3 Å². The van der Waals surface area contributed by atoms with Crippen molar-refractivity contribution in [2.24, 2.45) is 5.73 Å². The van der Waals surface area contributed by atoms with Crippen LogP contribution >= 0.6 is 11.3 Å². The molecule has 3 nitrogen and oxygen atoms in total. The molecule has 0 unspecified atom stereocenters. The number of hydrogen-bond donors (Lipinski definition) is 1. The highest BCUT2D eigenvalue weighted by molar-refractivity contribution is 7.09. The van der Waals surface area contributed by atoms with E-state index in [4.69, 9.17) is 5.73 Å². The molecule has 1 aliphatic rings. The molecule has 1 atom stereocenters. The molecular weight excluding hydrogens is 194 g/mol. The van der Waals surface area contributed by atoms with Gasteiger partial charge in [-0.3, -0.25) is 0 Å². The van der Waals surface area contributed by atoms with E-state index in [0.717, 1.165) is 25.9 Å². The predicted molar refractivity (Wildman–Crippen MR) is 59.6 cm³/mol. The summed E-state index contributed by atoms with van der Waals surface area (Å²) in [7, 11) is 0. The van der Waals surface area contributed by atoms with Gasteiger partial charge in [0.15, 0.2) is 0 Å². The Morgan fingerprint density at radius 1 is 1.71 bits per heavy atom. The zero-order valence-corrected chi connectivity index (χ0v) is 9.39. The smallest absolute Gasteiger partial charge is 0.0797 e. The maximum Gasteiger partial charge on any atom is 0.0797 e. The Labute approximate surface area is 88.9 Å². The lowest BCUT2D eigenvalue weighted by atomic mass is 10.3. The van der Waals surface area contributed by atoms with Gasteiger partial charge in [0.1, 0.15) is 0 Å². The van der Waals surface area contributed by atoms with Crippen LogP contribution in [0.1, 0.15) is 17.0 Å². The molecule has 0 aliphatic carbocycles. The second kappa shape index (κ2) is 4.38. The van der Waals surface area contributed by atoms with Gasteiger partial charge in [0.25, 0.3) is 0 Å². The van der Waals surface area contributed by atoms with Gasteiger partial charge < -0.3 is 10.6 Å². The fourth-order valence-corrected chi connectivity index (χ4v) is 2.66. The minimum Gasteiger partial charge on any atom is -0.326 e. The second-order valence-electron chi connectivity index (χ2n) is 3.96. The minimum absolute atomic E-state index is 0.401. The van der Waals surface area contributed by atoms with Crippen molar-refractivity contribution in [3.8, 4) is 0 Å². The SMILES string of the molecule is Cc1ncsc1CCN1CC[C@@H](N)C1. The predicted octanol–water partition coefficient (Wildman–Crippen LogP) is 1.03. The van der Waals surface area contributed by atoms with Crippen LogP contribution in [0.3, 0.4) is 0 Å². The number of nitrogens with two attached hydrogens (primary N) is 1. The van der Waals surface area contributed by atoms with Crippen molar-refractivity contribution in [1.29, 1.82) is 0 Å². The van der Waals surface area contributed by atoms with Crippen molar-refractivity contribution >= 4 is 11.3 Å². The summed E-state index contributed by atoms with van der Waals surface area (Å²) < 4.78 is 0. The monoisotopic (exact) mass is 211 g/mol. The number of hydrogen-bond acceptors (Lipinski definition) is 4. The number of aryl methyl sites for hydroxylation is 1. The van der Waals surface area contributed by atoms with Crippen molar-refractivity contribution in [2.45, 2.75) is 25.8 Å². The Balaban J connectivity index is 1.80. The fraction of sp³-hybridized carbons (Fsp3) is 0.700. The molecule has 4 heteroatoms. The van der Waals surface area contributed by atoms with Crippen LogP contribution in [-0.4, -0.2) is 35.6 Å². The summed E-state index contributed by atoms with van der Waals surface area (Å²) >= 11 is 1.76. The Kier molecular flexibility index (Phi) is 3.15. The summed E-state index contributed by atoms with van der Waals surface area (Å²) in [6.07, 6.45) is 2.28. The normalized spacial score (nSPS) is 23.1. The molecule has 1 aliphatic heterocycles. The molecular formula is C10H17N3S. The average molecular weight is 211 g/mol. The van der Waals surface area contributed by atoms with Gasteiger partial charge in [0.2, 0.25) is 0 Å². The van der Waals surface area contributed by atoms with Crippen LogP contribution in [0.4, 0.5) is 0 Å². The molecule has 1 fully saturated rings. The molecule has 1 aromatic heterocycles. The van der Waals surface area contributed by atoms with Gasteiger partial charge in [-0.2, -0.15) is 0 Å². The maximum absolute atomic E-state index is 5.85. The van der Waals surface area contributed by atoms with Crippen LogP contribution in [-0.2, 0) is 6.42 Å². The highest BCUT2D eigenvalue weighted by atomic mass is 32.1. The molecule has 1 aromatic rings. The van der Waals surface area contributed by atoms with Crippen LogP contribution < -0.4 is 5.73 Å². The molecule has 0 bridgehead atoms. The van der Waals surface area contributed by atoms with Gasteiger partial charge >= 0.3 is 0 Å². The van der Waals surface area contributed by atoms with Crippen LogP contribution in [0.2, 0.25) is 0 Å². The molecule has 14 heavy (non-hydrogen) atoms. The first-order valence-electron chi connectivity index (χ1n) is 5.12. The van der Waals surface area contributed by atoms with Crippen molar-refractivity contribution in [1.82, 2.24) is 9.88 Å². The Morgan fingerprint density at radius 2 is 2.57 bits per heavy atom. The first kappa shape index (κ1) is 10.1. The van der Waals surface area contributed by atoms with Crippen molar-refractivity contribution in [3.05, 3.63) is 16.1 Å². The Bertz CT molecular complexity index is 297. The minimum atomic E-state index is 0.401. The zero-order chi connectivity index (χ0) is 9.97. The Hall–Kier alpha value is -0.450. The number of likely N-dealkylation sites (tertiary alicyclic amines) is 1. The molecule has 0 aromatic carbocycles. The largest absolute Gasteiger partial charge is 0.326 e. The lowest BCUT2D eigenvalue weighted by molar-refractivity contribution is 0.339. The standard InChI is InChI=1S/C10H17N3S/c1-8-10(14-7-12-8)3-5-13-4-2-9(11)6-13/h7,9H,2-6,11H2,1H3/t9-/m1/s1. The summed E-state index contributed by atoms with van der Waals surface area (Å²) in [5.41, 5.74) is 8.98. The summed E-state index contributed by atoms with van der Waals surface area (Å²) in [5, 5.41) is 0. The van der Waals surface area contributed by atoms with Crippen LogP contribution in [0, 0.1) is 6.92 Å². The van der Waals surface area contributed by atoms with Crippen molar-refractivity contribution in [2.75, 3.05) is 19.6 Å². The molecule has 0 saturated carbocycles. The number of nitrogens with zero attached hydrogens (tertiary/aromatic N) is 2. The van der Waals surface area contributed by atoms with Gasteiger partial charge in [-0.1, -0.05) is 0 Å². The van der Waals surface area contributed by atoms with Gasteiger partial charge in [-0.25, -0.2) is 4.98 Å². The summed E-state index contributed by atoms with van der Waals surface area (Å²) in [6, 6.07) is 0.401. The van der Waals surface area contributed by atoms with E-state index in [1.807, 2.05) is 5.51 Å². The highest BCUT2D eigenvalue weighted by Gasteiger charge is 2.18. The first-order chi connectivity index (χ1) is 6.75. The summed E-state index contributed by atoms with van der Waals surface area (Å²) in [5.74, 6) is 0. The van der Waals surface area contributed by atoms with E-state index in [9.17, 15) is 0 Å². The fourth-order valence-electron chi connectivity index (χ4n) is 1.89. The molecule has 2 N–H and O–H groups in total. The molecule has 2 rings (SSSR count). The van der Waals surface area contributed by atoms with E-state index >= 15 is 0 Å². The molecule has 0 radical (unpaired) electrons. The van der Waals surface area contributed by atoms with Crippen LogP contribution in [0.25, 0.3) is 0 Å². The van der Waals surface area contributed by atoms with E-state index in [2.05, 4.69) is 16.8 Å². The van der Waals surface area contributed by atoms with Crippen molar-refractivity contribution < 1.29 is 0 Å². The van der Waals surface area contributed by atoms with Gasteiger partial charge in [-0.15, -0.1) is 11.3 Å². The van der Waals surface area contributed by atoms with E-state index in [0.29, 0.717) is 6.04 Å². The summed E-state index contributed by atoms with van der Waals surface area (Å²) in [4.78, 5) is 8.12. The quantitative estimate of drug-likeness (QED) is 0.812. The lowest BCUT2D eigenvalue weighted by Crippen LogP contribution is -2.28. The van der Waals surface area contributed by atoms with E-state index in [1.165, 1.54) is 17.1 Å². The third-order valence-corrected chi connectivity index (χ3v) is 3.80. The van der Waals surface area contributed by atoms with E-state index < -0.39 is 0 Å². The van der Waals surface area contributed by atoms with E-state index in [-0.39, 0.29) is 0 Å². The highest BCUT2D eigenvalue weighted by Crippen LogP contribution is 2.14. The number of rotatable bonds is 3. The average Bonchev–Trinajstić information content (AvgIpc) is 2.72. The zero-order valence-electron chi connectivity index (χ0n) is 8.57. The van der Waals surface area contributed by atoms with Gasteiger partial charge in [-0.05, 0) is 26.3 Å². The molecule has 0 amide bonds. The van der Waals surface area contributed by atoms with Crippen molar-refractivity contribution in [3.63, 3.8) is 0 Å². The Morgan fingerprint density at radius 3 is 3.14 bits per heavy atom. The number of aromatic nitrogens is 1. The third kappa shape index (κ3) is 2.32. The van der Waals surface area contributed by atoms with Crippen LogP contribution in [0.15, 0.2) is 5.51 Å². The van der Waals surface area contributed by atoms with Crippen LogP contribution in [0.5, 0.6) is 0 Å². The molecule has 0 spiro atoms. The third-order valence-electron chi connectivity index (χ3n) is 2.81. The number of thiazole rings is 1. The molecule has 1 saturated heterocycles. The molecule has 2 heterocycles. The first-order valence-corrected chi connectivity index (χ1v) is 6.00. The topological polar surface area (TPSA) is 42.2 Å². The van der Waals surface area contributed by atoms with Gasteiger partial charge in [0, 0.05) is 24.0 Å². The second-order valence-corrected chi connectivity index (χ2v) is 4.90. The lowest BCUT2D eigenvalue weighted by Gasteiger charge is -2.14. The van der Waals surface area contributed by atoms with Gasteiger partial charge in [0.05, 0.1) is 11.2 Å². The molecule has 78 valence electrons. The maximum atomic E-state index is 5.85.